The van der Waals surface area contributed by atoms with Crippen molar-refractivity contribution in [3.8, 4) is 5.75 Å². The van der Waals surface area contributed by atoms with Gasteiger partial charge in [-0.15, -0.1) is 0 Å². The fraction of sp³-hybridized carbons (Fsp3) is 0.261. The van der Waals surface area contributed by atoms with E-state index in [9.17, 15) is 4.79 Å². The number of rotatable bonds is 6. The number of methoxy groups -OCH3 is 1. The van der Waals surface area contributed by atoms with E-state index >= 15 is 0 Å². The van der Waals surface area contributed by atoms with Crippen molar-refractivity contribution in [3.63, 3.8) is 0 Å². The quantitative estimate of drug-likeness (QED) is 0.556. The summed E-state index contributed by atoms with van der Waals surface area (Å²) >= 11 is 7.77. The monoisotopic (exact) mass is 454 g/mol. The summed E-state index contributed by atoms with van der Waals surface area (Å²) in [7, 11) is 1.56. The summed E-state index contributed by atoms with van der Waals surface area (Å²) in [4.78, 5) is 25.3. The average molecular weight is 455 g/mol. The third kappa shape index (κ3) is 5.29. The maximum Gasteiger partial charge on any atom is 0.229 e. The van der Waals surface area contributed by atoms with Crippen LogP contribution in [0.3, 0.4) is 0 Å². The molecule has 4 rings (SSSR count). The van der Waals surface area contributed by atoms with Gasteiger partial charge in [0.2, 0.25) is 5.91 Å². The number of benzene rings is 2. The van der Waals surface area contributed by atoms with E-state index in [0.29, 0.717) is 23.0 Å². The number of nitrogens with one attached hydrogen (secondary N) is 1. The number of carbonyl (C=O) groups excluding carboxylic acids is 1. The number of aromatic nitrogens is 2. The number of nitrogens with zero attached hydrogens (tertiary/aromatic N) is 3. The average Bonchev–Trinajstić information content (AvgIpc) is 2.80. The van der Waals surface area contributed by atoms with Gasteiger partial charge in [-0.1, -0.05) is 41.6 Å². The van der Waals surface area contributed by atoms with Gasteiger partial charge in [-0.3, -0.25) is 4.79 Å². The molecule has 3 aromatic rings. The second-order valence-corrected chi connectivity index (χ2v) is 8.69. The normalized spacial score (nSPS) is 16.1. The minimum atomic E-state index is -0.147. The molecule has 31 heavy (non-hydrogen) atoms. The zero-order chi connectivity index (χ0) is 21.6. The highest BCUT2D eigenvalue weighted by atomic mass is 35.5. The Morgan fingerprint density at radius 1 is 1.19 bits per heavy atom. The minimum Gasteiger partial charge on any atom is -0.495 e. The summed E-state index contributed by atoms with van der Waals surface area (Å²) in [6.07, 6.45) is 5.14. The molecule has 1 fully saturated rings. The highest BCUT2D eigenvalue weighted by Gasteiger charge is 2.28. The van der Waals surface area contributed by atoms with E-state index in [1.54, 1.807) is 49.5 Å². The lowest BCUT2D eigenvalue weighted by molar-refractivity contribution is -0.120. The van der Waals surface area contributed by atoms with E-state index in [4.69, 9.17) is 16.3 Å². The molecule has 0 radical (unpaired) electrons. The number of amides is 1. The Balaban J connectivity index is 1.46. The first-order chi connectivity index (χ1) is 15.1. The largest absolute Gasteiger partial charge is 0.495 e. The van der Waals surface area contributed by atoms with Crippen LogP contribution in [0.5, 0.6) is 5.75 Å². The maximum atomic E-state index is 12.9. The van der Waals surface area contributed by atoms with Crippen molar-refractivity contribution >= 4 is 40.8 Å². The van der Waals surface area contributed by atoms with Gasteiger partial charge in [-0.25, -0.2) is 9.97 Å². The van der Waals surface area contributed by atoms with Gasteiger partial charge in [-0.2, -0.15) is 0 Å². The Kier molecular flexibility index (Phi) is 6.94. The van der Waals surface area contributed by atoms with Crippen LogP contribution in [-0.2, 0) is 4.79 Å². The second kappa shape index (κ2) is 10.0. The Bertz CT molecular complexity index is 1050. The Hall–Kier alpha value is -2.77. The fourth-order valence-electron chi connectivity index (χ4n) is 3.58. The van der Waals surface area contributed by atoms with E-state index in [-0.39, 0.29) is 11.8 Å². The van der Waals surface area contributed by atoms with Crippen LogP contribution in [0.2, 0.25) is 5.02 Å². The van der Waals surface area contributed by atoms with E-state index in [0.717, 1.165) is 35.1 Å². The number of halogens is 1. The van der Waals surface area contributed by atoms with Crippen molar-refractivity contribution in [3.05, 3.63) is 65.9 Å². The maximum absolute atomic E-state index is 12.9. The predicted octanol–water partition coefficient (Wildman–Crippen LogP) is 5.14. The Labute approximate surface area is 191 Å². The van der Waals surface area contributed by atoms with Gasteiger partial charge in [0.05, 0.1) is 18.1 Å². The van der Waals surface area contributed by atoms with Crippen molar-refractivity contribution < 1.29 is 9.53 Å². The van der Waals surface area contributed by atoms with Gasteiger partial charge in [0, 0.05) is 36.1 Å². The Morgan fingerprint density at radius 2 is 2.00 bits per heavy atom. The zero-order valence-corrected chi connectivity index (χ0v) is 18.7. The molecule has 0 aliphatic carbocycles. The molecular weight excluding hydrogens is 432 g/mol. The molecule has 160 valence electrons. The highest BCUT2D eigenvalue weighted by Crippen LogP contribution is 2.34. The third-order valence-electron chi connectivity index (χ3n) is 5.12. The second-order valence-electron chi connectivity index (χ2n) is 7.22. The summed E-state index contributed by atoms with van der Waals surface area (Å²) < 4.78 is 5.17. The van der Waals surface area contributed by atoms with E-state index in [1.807, 2.05) is 18.2 Å². The fourth-order valence-corrected chi connectivity index (χ4v) is 4.74. The molecule has 1 aliphatic heterocycles. The number of carbonyl (C=O) groups is 1. The van der Waals surface area contributed by atoms with Gasteiger partial charge in [-0.05, 0) is 43.2 Å². The molecule has 1 N–H and O–H groups in total. The molecule has 1 amide bonds. The van der Waals surface area contributed by atoms with Crippen LogP contribution in [0, 0.1) is 5.92 Å². The number of piperidine rings is 1. The standard InChI is InChI=1S/C23H23ClN4O2S/c1-30-20-10-9-17(14-19(20)24)27-22(29)16-6-5-13-28(15-16)21-23(26-12-11-25-21)31-18-7-3-2-4-8-18/h2-4,7-12,14,16H,5-6,13,15H2,1H3,(H,27,29)/t16-/m1/s1. The summed E-state index contributed by atoms with van der Waals surface area (Å²) in [5.74, 6) is 1.23. The molecular formula is C23H23ClN4O2S. The predicted molar refractivity (Wildman–Crippen MR) is 124 cm³/mol. The zero-order valence-electron chi connectivity index (χ0n) is 17.1. The molecule has 2 heterocycles. The molecule has 6 nitrogen and oxygen atoms in total. The molecule has 1 aliphatic rings. The first kappa shape index (κ1) is 21.5. The first-order valence-electron chi connectivity index (χ1n) is 10.1. The van der Waals surface area contributed by atoms with Crippen LogP contribution in [0.15, 0.2) is 70.8 Å². The van der Waals surface area contributed by atoms with Gasteiger partial charge in [0.15, 0.2) is 5.82 Å². The van der Waals surface area contributed by atoms with E-state index in [1.165, 1.54) is 0 Å². The third-order valence-corrected chi connectivity index (χ3v) is 6.40. The summed E-state index contributed by atoms with van der Waals surface area (Å²) in [6, 6.07) is 15.3. The van der Waals surface area contributed by atoms with Crippen molar-refractivity contribution in [1.29, 1.82) is 0 Å². The number of hydrogen-bond acceptors (Lipinski definition) is 6. The van der Waals surface area contributed by atoms with E-state index < -0.39 is 0 Å². The number of ether oxygens (including phenoxy) is 1. The number of anilines is 2. The van der Waals surface area contributed by atoms with Crippen molar-refractivity contribution in [2.45, 2.75) is 22.8 Å². The van der Waals surface area contributed by atoms with Crippen LogP contribution in [0.25, 0.3) is 0 Å². The molecule has 1 saturated heterocycles. The van der Waals surface area contributed by atoms with Gasteiger partial charge in [0.25, 0.3) is 0 Å². The molecule has 1 atom stereocenters. The smallest absolute Gasteiger partial charge is 0.229 e. The van der Waals surface area contributed by atoms with Gasteiger partial charge < -0.3 is 15.0 Å². The van der Waals surface area contributed by atoms with Crippen molar-refractivity contribution in [1.82, 2.24) is 9.97 Å². The molecule has 8 heteroatoms. The summed E-state index contributed by atoms with van der Waals surface area (Å²) in [5, 5.41) is 4.29. The summed E-state index contributed by atoms with van der Waals surface area (Å²) in [5.41, 5.74) is 0.660. The van der Waals surface area contributed by atoms with Crippen molar-refractivity contribution in [2.24, 2.45) is 5.92 Å². The van der Waals surface area contributed by atoms with Crippen molar-refractivity contribution in [2.75, 3.05) is 30.4 Å². The molecule has 0 saturated carbocycles. The molecule has 0 bridgehead atoms. The SMILES string of the molecule is COc1ccc(NC(=O)[C@@H]2CCCN(c3nccnc3Sc3ccccc3)C2)cc1Cl. The highest BCUT2D eigenvalue weighted by molar-refractivity contribution is 7.99. The van der Waals surface area contributed by atoms with Crippen LogP contribution in [0.4, 0.5) is 11.5 Å². The van der Waals surface area contributed by atoms with Crippen LogP contribution < -0.4 is 15.0 Å². The molecule has 0 unspecified atom stereocenters. The van der Waals surface area contributed by atoms with Crippen LogP contribution >= 0.6 is 23.4 Å². The molecule has 2 aromatic carbocycles. The lowest BCUT2D eigenvalue weighted by Crippen LogP contribution is -2.41. The van der Waals surface area contributed by atoms with Crippen LogP contribution in [0.1, 0.15) is 12.8 Å². The molecule has 0 spiro atoms. The lowest BCUT2D eigenvalue weighted by atomic mass is 9.97. The van der Waals surface area contributed by atoms with Gasteiger partial charge >= 0.3 is 0 Å². The lowest BCUT2D eigenvalue weighted by Gasteiger charge is -2.33. The van der Waals surface area contributed by atoms with E-state index in [2.05, 4.69) is 32.3 Å². The Morgan fingerprint density at radius 3 is 2.77 bits per heavy atom. The summed E-state index contributed by atoms with van der Waals surface area (Å²) in [6.45, 7) is 1.44. The van der Waals surface area contributed by atoms with Crippen LogP contribution in [-0.4, -0.2) is 36.1 Å². The topological polar surface area (TPSA) is 67.3 Å². The number of hydrogen-bond donors (Lipinski definition) is 1. The van der Waals surface area contributed by atoms with Gasteiger partial charge in [0.1, 0.15) is 10.8 Å². The minimum absolute atomic E-state index is 0.0212. The molecule has 1 aromatic heterocycles. The first-order valence-corrected chi connectivity index (χ1v) is 11.3.